The minimum atomic E-state index is -3.88. The molecule has 2 aromatic carbocycles. The average Bonchev–Trinajstić information content (AvgIpc) is 2.54. The topological polar surface area (TPSA) is 98.5 Å². The maximum Gasteiger partial charge on any atom is 0.251 e. The number of carbonyl (C=O) groups is 1. The molecule has 1 amide bonds. The molecule has 0 radical (unpaired) electrons. The molecular weight excluding hydrogens is 328 g/mol. The van der Waals surface area contributed by atoms with Crippen LogP contribution < -0.4 is 15.2 Å². The molecule has 128 valence electrons. The van der Waals surface area contributed by atoms with E-state index in [-0.39, 0.29) is 16.4 Å². The lowest BCUT2D eigenvalue weighted by atomic mass is 10.1. The number of ether oxygens (including phenoxy) is 1. The minimum Gasteiger partial charge on any atom is -0.497 e. The molecule has 3 N–H and O–H groups in total. The van der Waals surface area contributed by atoms with Crippen molar-refractivity contribution >= 4 is 15.9 Å². The van der Waals surface area contributed by atoms with Crippen molar-refractivity contribution in [1.29, 1.82) is 0 Å². The Bertz CT molecular complexity index is 859. The third kappa shape index (κ3) is 4.12. The van der Waals surface area contributed by atoms with Crippen molar-refractivity contribution < 1.29 is 17.9 Å². The molecule has 0 aromatic heterocycles. The molecular formula is C17H20N2O4S. The van der Waals surface area contributed by atoms with Gasteiger partial charge in [0.1, 0.15) is 5.75 Å². The molecule has 0 aliphatic carbocycles. The second kappa shape index (κ2) is 7.02. The van der Waals surface area contributed by atoms with Gasteiger partial charge in [-0.25, -0.2) is 13.6 Å². The molecule has 0 saturated heterocycles. The summed E-state index contributed by atoms with van der Waals surface area (Å²) >= 11 is 0. The molecule has 0 atom stereocenters. The van der Waals surface area contributed by atoms with Crippen molar-refractivity contribution in [3.63, 3.8) is 0 Å². The Hall–Kier alpha value is -2.38. The van der Waals surface area contributed by atoms with Crippen LogP contribution in [0.5, 0.6) is 5.75 Å². The number of nitrogens with one attached hydrogen (secondary N) is 1. The highest BCUT2D eigenvalue weighted by Crippen LogP contribution is 2.20. The zero-order chi connectivity index (χ0) is 17.9. The Kier molecular flexibility index (Phi) is 5.26. The van der Waals surface area contributed by atoms with Gasteiger partial charge in [-0.1, -0.05) is 12.1 Å². The van der Waals surface area contributed by atoms with E-state index in [9.17, 15) is 13.2 Å². The van der Waals surface area contributed by atoms with Gasteiger partial charge in [-0.3, -0.25) is 4.79 Å². The van der Waals surface area contributed by atoms with Crippen molar-refractivity contribution in [2.75, 3.05) is 7.11 Å². The second-order valence-corrected chi connectivity index (χ2v) is 7.02. The van der Waals surface area contributed by atoms with Gasteiger partial charge in [-0.2, -0.15) is 0 Å². The van der Waals surface area contributed by atoms with Gasteiger partial charge in [0, 0.05) is 12.1 Å². The van der Waals surface area contributed by atoms with Gasteiger partial charge in [0.15, 0.2) is 0 Å². The molecule has 24 heavy (non-hydrogen) atoms. The van der Waals surface area contributed by atoms with E-state index in [1.807, 2.05) is 12.1 Å². The van der Waals surface area contributed by atoms with Crippen LogP contribution in [0.25, 0.3) is 0 Å². The Morgan fingerprint density at radius 1 is 1.17 bits per heavy atom. The molecule has 0 heterocycles. The summed E-state index contributed by atoms with van der Waals surface area (Å²) < 4.78 is 28.4. The van der Waals surface area contributed by atoms with Crippen LogP contribution in [0.2, 0.25) is 0 Å². The Morgan fingerprint density at radius 3 is 2.33 bits per heavy atom. The smallest absolute Gasteiger partial charge is 0.251 e. The maximum atomic E-state index is 12.3. The van der Waals surface area contributed by atoms with Gasteiger partial charge in [0.25, 0.3) is 5.91 Å². The van der Waals surface area contributed by atoms with Gasteiger partial charge in [-0.05, 0) is 54.8 Å². The van der Waals surface area contributed by atoms with E-state index >= 15 is 0 Å². The molecule has 2 rings (SSSR count). The SMILES string of the molecule is COc1ccc(CNC(=O)c2cc(C)c(C)c(S(N)(=O)=O)c2)cc1. The zero-order valence-electron chi connectivity index (χ0n) is 13.8. The van der Waals surface area contributed by atoms with Crippen molar-refractivity contribution in [2.45, 2.75) is 25.3 Å². The third-order valence-electron chi connectivity index (χ3n) is 3.80. The van der Waals surface area contributed by atoms with E-state index in [4.69, 9.17) is 9.88 Å². The fraction of sp³-hybridized carbons (Fsp3) is 0.235. The molecule has 0 unspecified atom stereocenters. The van der Waals surface area contributed by atoms with Crippen molar-refractivity contribution in [1.82, 2.24) is 5.32 Å². The number of aryl methyl sites for hydroxylation is 1. The number of amides is 1. The fourth-order valence-electron chi connectivity index (χ4n) is 2.28. The molecule has 7 heteroatoms. The average molecular weight is 348 g/mol. The number of primary sulfonamides is 1. The van der Waals surface area contributed by atoms with Gasteiger partial charge >= 0.3 is 0 Å². The van der Waals surface area contributed by atoms with Crippen molar-refractivity contribution in [3.05, 3.63) is 58.7 Å². The lowest BCUT2D eigenvalue weighted by Crippen LogP contribution is -2.24. The molecule has 2 aromatic rings. The third-order valence-corrected chi connectivity index (χ3v) is 4.84. The lowest BCUT2D eigenvalue weighted by Gasteiger charge is -2.11. The molecule has 0 bridgehead atoms. The van der Waals surface area contributed by atoms with Crippen LogP contribution in [0.15, 0.2) is 41.3 Å². The highest BCUT2D eigenvalue weighted by molar-refractivity contribution is 7.89. The summed E-state index contributed by atoms with van der Waals surface area (Å²) in [5, 5.41) is 7.98. The number of rotatable bonds is 5. The van der Waals surface area contributed by atoms with Crippen LogP contribution >= 0.6 is 0 Å². The predicted molar refractivity (Wildman–Crippen MR) is 91.5 cm³/mol. The van der Waals surface area contributed by atoms with Crippen LogP contribution in [0.4, 0.5) is 0 Å². The molecule has 0 aliphatic rings. The monoisotopic (exact) mass is 348 g/mol. The number of carbonyl (C=O) groups excluding carboxylic acids is 1. The first-order chi connectivity index (χ1) is 11.2. The summed E-state index contributed by atoms with van der Waals surface area (Å²) in [6.45, 7) is 3.72. The van der Waals surface area contributed by atoms with E-state index in [1.54, 1.807) is 39.2 Å². The second-order valence-electron chi connectivity index (χ2n) is 5.49. The highest BCUT2D eigenvalue weighted by Gasteiger charge is 2.17. The largest absolute Gasteiger partial charge is 0.497 e. The van der Waals surface area contributed by atoms with Crippen LogP contribution in [0.3, 0.4) is 0 Å². The first-order valence-corrected chi connectivity index (χ1v) is 8.82. The standard InChI is InChI=1S/C17H20N2O4S/c1-11-8-14(9-16(12(11)2)24(18,21)22)17(20)19-10-13-4-6-15(23-3)7-5-13/h4-9H,10H2,1-3H3,(H,19,20)(H2,18,21,22). The van der Waals surface area contributed by atoms with Gasteiger partial charge < -0.3 is 10.1 Å². The molecule has 0 saturated carbocycles. The van der Waals surface area contributed by atoms with E-state index in [1.165, 1.54) is 6.07 Å². The van der Waals surface area contributed by atoms with E-state index in [0.717, 1.165) is 11.3 Å². The Balaban J connectivity index is 2.19. The number of hydrogen-bond acceptors (Lipinski definition) is 4. The summed E-state index contributed by atoms with van der Waals surface area (Å²) in [4.78, 5) is 12.3. The zero-order valence-corrected chi connectivity index (χ0v) is 14.6. The van der Waals surface area contributed by atoms with Crippen molar-refractivity contribution in [3.8, 4) is 5.75 Å². The summed E-state index contributed by atoms with van der Waals surface area (Å²) in [5.74, 6) is 0.371. The number of methoxy groups -OCH3 is 1. The van der Waals surface area contributed by atoms with E-state index in [0.29, 0.717) is 17.7 Å². The minimum absolute atomic E-state index is 0.0305. The lowest BCUT2D eigenvalue weighted by molar-refractivity contribution is 0.0950. The summed E-state index contributed by atoms with van der Waals surface area (Å²) in [7, 11) is -2.30. The fourth-order valence-corrected chi connectivity index (χ4v) is 3.16. The number of benzene rings is 2. The molecule has 0 aliphatic heterocycles. The van der Waals surface area contributed by atoms with E-state index < -0.39 is 10.0 Å². The first-order valence-electron chi connectivity index (χ1n) is 7.27. The summed E-state index contributed by atoms with van der Waals surface area (Å²) in [5.41, 5.74) is 2.40. The van der Waals surface area contributed by atoms with Gasteiger partial charge in [-0.15, -0.1) is 0 Å². The number of hydrogen-bond donors (Lipinski definition) is 2. The Morgan fingerprint density at radius 2 is 1.79 bits per heavy atom. The molecule has 6 nitrogen and oxygen atoms in total. The van der Waals surface area contributed by atoms with Crippen molar-refractivity contribution in [2.24, 2.45) is 5.14 Å². The van der Waals surface area contributed by atoms with Crippen LogP contribution in [0, 0.1) is 13.8 Å². The highest BCUT2D eigenvalue weighted by atomic mass is 32.2. The van der Waals surface area contributed by atoms with Crippen LogP contribution in [-0.2, 0) is 16.6 Å². The molecule has 0 spiro atoms. The van der Waals surface area contributed by atoms with Crippen LogP contribution in [-0.4, -0.2) is 21.4 Å². The van der Waals surface area contributed by atoms with Gasteiger partial charge in [0.05, 0.1) is 12.0 Å². The Labute approximate surface area is 141 Å². The maximum absolute atomic E-state index is 12.3. The predicted octanol–water partition coefficient (Wildman–Crippen LogP) is 1.89. The first kappa shape index (κ1) is 18.0. The quantitative estimate of drug-likeness (QED) is 0.862. The normalized spacial score (nSPS) is 11.2. The van der Waals surface area contributed by atoms with E-state index in [2.05, 4.69) is 5.32 Å². The molecule has 0 fully saturated rings. The summed E-state index contributed by atoms with van der Waals surface area (Å²) in [6.07, 6.45) is 0. The van der Waals surface area contributed by atoms with Gasteiger partial charge in [0.2, 0.25) is 10.0 Å². The summed E-state index contributed by atoms with van der Waals surface area (Å²) in [6, 6.07) is 10.2. The van der Waals surface area contributed by atoms with Crippen LogP contribution in [0.1, 0.15) is 27.0 Å². The number of sulfonamides is 1. The number of nitrogens with two attached hydrogens (primary N) is 1.